The van der Waals surface area contributed by atoms with Gasteiger partial charge in [-0.05, 0) is 55.0 Å². The van der Waals surface area contributed by atoms with Gasteiger partial charge >= 0.3 is 0 Å². The minimum atomic E-state index is -0.689. The number of ether oxygens (including phenoxy) is 1. The van der Waals surface area contributed by atoms with Crippen molar-refractivity contribution in [3.8, 4) is 5.75 Å². The van der Waals surface area contributed by atoms with E-state index in [1.807, 2.05) is 24.3 Å². The molecule has 3 aliphatic rings. The van der Waals surface area contributed by atoms with E-state index in [0.717, 1.165) is 36.8 Å². The third kappa shape index (κ3) is 2.77. The third-order valence-corrected chi connectivity index (χ3v) is 5.92. The van der Waals surface area contributed by atoms with Crippen LogP contribution >= 0.6 is 0 Å². The van der Waals surface area contributed by atoms with E-state index in [0.29, 0.717) is 23.1 Å². The molecule has 2 bridgehead atoms. The van der Waals surface area contributed by atoms with Crippen LogP contribution in [0.5, 0.6) is 5.75 Å². The van der Waals surface area contributed by atoms with Gasteiger partial charge in [0.05, 0.1) is 13.2 Å². The molecule has 5 nitrogen and oxygen atoms in total. The summed E-state index contributed by atoms with van der Waals surface area (Å²) in [5.74, 6) is 1.79. The smallest absolute Gasteiger partial charge is 0.248 e. The van der Waals surface area contributed by atoms with Crippen molar-refractivity contribution in [3.05, 3.63) is 52.8 Å². The van der Waals surface area contributed by atoms with Crippen molar-refractivity contribution in [2.75, 3.05) is 20.2 Å². The topological polar surface area (TPSA) is 65.6 Å². The maximum absolute atomic E-state index is 12.1. The van der Waals surface area contributed by atoms with E-state index >= 15 is 0 Å². The van der Waals surface area contributed by atoms with Gasteiger partial charge in [0.2, 0.25) is 5.56 Å². The van der Waals surface area contributed by atoms with E-state index < -0.39 is 6.10 Å². The highest BCUT2D eigenvalue weighted by Crippen LogP contribution is 2.42. The van der Waals surface area contributed by atoms with Crippen LogP contribution in [0.3, 0.4) is 0 Å². The SMILES string of the molecule is C=C[C@H]1CN2CC[C@H]1C[C@H]2[C@H](O)c1cc(=O)[nH]c2ccc(OC)cc12. The van der Waals surface area contributed by atoms with Crippen molar-refractivity contribution < 1.29 is 9.84 Å². The van der Waals surface area contributed by atoms with Gasteiger partial charge in [0.15, 0.2) is 0 Å². The highest BCUT2D eigenvalue weighted by atomic mass is 16.5. The Kier molecular flexibility index (Phi) is 4.13. The van der Waals surface area contributed by atoms with Gasteiger partial charge in [0.1, 0.15) is 5.75 Å². The number of aliphatic hydroxyl groups excluding tert-OH is 1. The maximum Gasteiger partial charge on any atom is 0.248 e. The molecule has 0 saturated carbocycles. The van der Waals surface area contributed by atoms with E-state index in [1.54, 1.807) is 7.11 Å². The summed E-state index contributed by atoms with van der Waals surface area (Å²) in [6.07, 6.45) is 3.46. The molecule has 0 amide bonds. The van der Waals surface area contributed by atoms with Crippen molar-refractivity contribution in [3.63, 3.8) is 0 Å². The molecule has 0 spiro atoms. The molecule has 0 aliphatic carbocycles. The zero-order valence-corrected chi connectivity index (χ0v) is 14.4. The molecule has 1 aromatic heterocycles. The van der Waals surface area contributed by atoms with Gasteiger partial charge in [-0.2, -0.15) is 0 Å². The molecule has 5 rings (SSSR count). The lowest BCUT2D eigenvalue weighted by molar-refractivity contribution is -0.0445. The number of fused-ring (bicyclic) bond motifs is 4. The van der Waals surface area contributed by atoms with Crippen molar-refractivity contribution in [2.45, 2.75) is 25.0 Å². The Morgan fingerprint density at radius 3 is 2.96 bits per heavy atom. The normalized spacial score (nSPS) is 29.5. The fraction of sp³-hybridized carbons (Fsp3) is 0.450. The van der Waals surface area contributed by atoms with Crippen LogP contribution in [0.25, 0.3) is 10.9 Å². The van der Waals surface area contributed by atoms with Crippen LogP contribution in [-0.2, 0) is 0 Å². The average molecular weight is 340 g/mol. The summed E-state index contributed by atoms with van der Waals surface area (Å²) in [7, 11) is 1.62. The van der Waals surface area contributed by atoms with Gasteiger partial charge < -0.3 is 14.8 Å². The Morgan fingerprint density at radius 1 is 1.44 bits per heavy atom. The zero-order chi connectivity index (χ0) is 17.6. The number of piperidine rings is 3. The Bertz CT molecular complexity index is 860. The minimum Gasteiger partial charge on any atom is -0.497 e. The van der Waals surface area contributed by atoms with Crippen LogP contribution in [0.2, 0.25) is 0 Å². The fourth-order valence-electron chi connectivity index (χ4n) is 4.54. The molecular formula is C20H24N2O3. The number of methoxy groups -OCH3 is 1. The van der Waals surface area contributed by atoms with E-state index in [2.05, 4.69) is 16.5 Å². The number of rotatable bonds is 4. The Labute approximate surface area is 146 Å². The summed E-state index contributed by atoms with van der Waals surface area (Å²) >= 11 is 0. The zero-order valence-electron chi connectivity index (χ0n) is 14.4. The summed E-state index contributed by atoms with van der Waals surface area (Å²) in [5, 5.41) is 12.0. The second-order valence-electron chi connectivity index (χ2n) is 7.19. The standard InChI is InChI=1S/C20H24N2O3/c1-3-12-11-22-7-6-13(12)8-18(22)20(24)16-10-19(23)21-17-5-4-14(25-2)9-15(16)17/h3-5,9-10,12-13,18,20,24H,1,6-8,11H2,2H3,(H,21,23)/t12-,13-,18-,20+/m0/s1. The molecular weight excluding hydrogens is 316 g/mol. The maximum atomic E-state index is 12.1. The number of aliphatic hydroxyl groups is 1. The lowest BCUT2D eigenvalue weighted by Gasteiger charge is -2.50. The molecule has 4 heterocycles. The molecule has 132 valence electrons. The van der Waals surface area contributed by atoms with Gasteiger partial charge in [-0.3, -0.25) is 9.69 Å². The van der Waals surface area contributed by atoms with E-state index in [9.17, 15) is 9.90 Å². The third-order valence-electron chi connectivity index (χ3n) is 5.92. The quantitative estimate of drug-likeness (QED) is 0.839. The fourth-order valence-corrected chi connectivity index (χ4v) is 4.54. The summed E-state index contributed by atoms with van der Waals surface area (Å²) < 4.78 is 5.32. The first-order chi connectivity index (χ1) is 12.1. The highest BCUT2D eigenvalue weighted by Gasteiger charge is 2.42. The molecule has 3 saturated heterocycles. The molecule has 5 heteroatoms. The molecule has 3 fully saturated rings. The number of H-pyrrole nitrogens is 1. The molecule has 2 aromatic rings. The Hall–Kier alpha value is -2.11. The highest BCUT2D eigenvalue weighted by molar-refractivity contribution is 5.83. The minimum absolute atomic E-state index is 0.0474. The number of aromatic nitrogens is 1. The molecule has 1 unspecified atom stereocenters. The first kappa shape index (κ1) is 16.4. The number of nitrogens with one attached hydrogen (secondary N) is 1. The number of pyridine rings is 1. The molecule has 2 N–H and O–H groups in total. The van der Waals surface area contributed by atoms with E-state index in [1.165, 1.54) is 6.07 Å². The van der Waals surface area contributed by atoms with E-state index in [4.69, 9.17) is 4.74 Å². The van der Waals surface area contributed by atoms with E-state index in [-0.39, 0.29) is 11.6 Å². The van der Waals surface area contributed by atoms with Gasteiger partial charge in [-0.1, -0.05) is 6.08 Å². The summed E-state index contributed by atoms with van der Waals surface area (Å²) in [6, 6.07) is 7.10. The monoisotopic (exact) mass is 340 g/mol. The van der Waals surface area contributed by atoms with Crippen LogP contribution < -0.4 is 10.3 Å². The summed E-state index contributed by atoms with van der Waals surface area (Å²) in [6.45, 7) is 5.90. The number of hydrogen-bond donors (Lipinski definition) is 2. The Balaban J connectivity index is 1.74. The predicted molar refractivity (Wildman–Crippen MR) is 97.9 cm³/mol. The van der Waals surface area contributed by atoms with Crippen molar-refractivity contribution in [2.24, 2.45) is 11.8 Å². The van der Waals surface area contributed by atoms with Crippen molar-refractivity contribution in [1.82, 2.24) is 9.88 Å². The largest absolute Gasteiger partial charge is 0.497 e. The molecule has 3 aliphatic heterocycles. The summed E-state index contributed by atoms with van der Waals surface area (Å²) in [5.41, 5.74) is 1.22. The van der Waals surface area contributed by atoms with Gasteiger partial charge in [-0.25, -0.2) is 0 Å². The first-order valence-electron chi connectivity index (χ1n) is 8.86. The van der Waals surface area contributed by atoms with Crippen LogP contribution in [0.1, 0.15) is 24.5 Å². The molecule has 1 aromatic carbocycles. The molecule has 25 heavy (non-hydrogen) atoms. The van der Waals surface area contributed by atoms with Gasteiger partial charge in [0, 0.05) is 29.6 Å². The number of hydrogen-bond acceptors (Lipinski definition) is 4. The van der Waals surface area contributed by atoms with Gasteiger partial charge in [-0.15, -0.1) is 6.58 Å². The Morgan fingerprint density at radius 2 is 2.28 bits per heavy atom. The van der Waals surface area contributed by atoms with Crippen LogP contribution in [0, 0.1) is 11.8 Å². The van der Waals surface area contributed by atoms with Crippen LogP contribution in [-0.4, -0.2) is 41.2 Å². The number of benzene rings is 1. The predicted octanol–water partition coefficient (Wildman–Crippen LogP) is 2.47. The number of nitrogens with zero attached hydrogens (tertiary/aromatic N) is 1. The van der Waals surface area contributed by atoms with Gasteiger partial charge in [0.25, 0.3) is 0 Å². The second-order valence-corrected chi connectivity index (χ2v) is 7.19. The van der Waals surface area contributed by atoms with Crippen LogP contribution in [0.15, 0.2) is 41.7 Å². The van der Waals surface area contributed by atoms with Crippen molar-refractivity contribution >= 4 is 10.9 Å². The first-order valence-corrected chi connectivity index (χ1v) is 8.86. The molecule has 0 radical (unpaired) electrons. The summed E-state index contributed by atoms with van der Waals surface area (Å²) in [4.78, 5) is 17.3. The van der Waals surface area contributed by atoms with Crippen molar-refractivity contribution in [1.29, 1.82) is 0 Å². The average Bonchev–Trinajstić information content (AvgIpc) is 2.66. The molecule has 5 atom stereocenters. The second kappa shape index (κ2) is 6.32. The van der Waals surface area contributed by atoms with Crippen LogP contribution in [0.4, 0.5) is 0 Å². The number of aromatic amines is 1. The lowest BCUT2D eigenvalue weighted by Crippen LogP contribution is -2.54. The lowest BCUT2D eigenvalue weighted by atomic mass is 9.73.